The van der Waals surface area contributed by atoms with E-state index in [1.165, 1.54) is 6.42 Å². The maximum absolute atomic E-state index is 9.04. The Morgan fingerprint density at radius 2 is 2.25 bits per heavy atom. The molecule has 1 aliphatic rings. The van der Waals surface area contributed by atoms with Crippen LogP contribution in [0, 0.1) is 0 Å². The van der Waals surface area contributed by atoms with Crippen molar-refractivity contribution in [1.82, 2.24) is 5.01 Å². The van der Waals surface area contributed by atoms with Crippen LogP contribution < -0.4 is 5.84 Å². The first kappa shape index (κ1) is 6.01. The molecule has 1 aliphatic heterocycles. The van der Waals surface area contributed by atoms with Gasteiger partial charge in [0.15, 0.2) is 6.23 Å². The lowest BCUT2D eigenvalue weighted by Gasteiger charge is -2.23. The molecule has 0 saturated carbocycles. The molecule has 1 unspecified atom stereocenters. The van der Waals surface area contributed by atoms with E-state index in [9.17, 15) is 0 Å². The minimum absolute atomic E-state index is 0.274. The predicted molar refractivity (Wildman–Crippen MR) is 29.5 cm³/mol. The number of quaternary nitrogens is 1. The van der Waals surface area contributed by atoms with Crippen LogP contribution in [0.3, 0.4) is 0 Å². The predicted octanol–water partition coefficient (Wildman–Crippen LogP) is -1.05. The SMILES string of the molecule is [NH3+]N1CCCCC1O. The summed E-state index contributed by atoms with van der Waals surface area (Å²) >= 11 is 0. The summed E-state index contributed by atoms with van der Waals surface area (Å²) < 4.78 is 0. The Morgan fingerprint density at radius 3 is 2.62 bits per heavy atom. The molecular weight excluding hydrogens is 104 g/mol. The Kier molecular flexibility index (Phi) is 1.83. The fourth-order valence-corrected chi connectivity index (χ4v) is 0.973. The van der Waals surface area contributed by atoms with Crippen LogP contribution >= 0.6 is 0 Å². The van der Waals surface area contributed by atoms with Gasteiger partial charge in [-0.15, -0.1) is 5.01 Å². The van der Waals surface area contributed by atoms with Crippen molar-refractivity contribution in [1.29, 1.82) is 0 Å². The van der Waals surface area contributed by atoms with E-state index in [4.69, 9.17) is 5.11 Å². The van der Waals surface area contributed by atoms with Crippen molar-refractivity contribution in [2.24, 2.45) is 0 Å². The Balaban J connectivity index is 2.28. The number of aliphatic hydroxyl groups is 1. The highest BCUT2D eigenvalue weighted by molar-refractivity contribution is 4.58. The van der Waals surface area contributed by atoms with E-state index >= 15 is 0 Å². The number of rotatable bonds is 0. The summed E-state index contributed by atoms with van der Waals surface area (Å²) in [4.78, 5) is 0. The highest BCUT2D eigenvalue weighted by atomic mass is 16.3. The summed E-state index contributed by atoms with van der Waals surface area (Å²) in [6, 6.07) is 0. The summed E-state index contributed by atoms with van der Waals surface area (Å²) in [5, 5.41) is 10.8. The number of piperidine rings is 1. The van der Waals surface area contributed by atoms with Crippen LogP contribution in [-0.2, 0) is 0 Å². The highest BCUT2D eigenvalue weighted by Crippen LogP contribution is 2.08. The van der Waals surface area contributed by atoms with Crippen LogP contribution in [0.25, 0.3) is 0 Å². The van der Waals surface area contributed by atoms with Crippen molar-refractivity contribution in [3.8, 4) is 0 Å². The van der Waals surface area contributed by atoms with Gasteiger partial charge < -0.3 is 5.11 Å². The largest absolute Gasteiger partial charge is 0.373 e. The zero-order valence-corrected chi connectivity index (χ0v) is 5.01. The quantitative estimate of drug-likeness (QED) is 0.425. The van der Waals surface area contributed by atoms with Gasteiger partial charge in [-0.25, -0.2) is 0 Å². The summed E-state index contributed by atoms with van der Waals surface area (Å²) in [6.45, 7) is 0.946. The molecule has 4 N–H and O–H groups in total. The van der Waals surface area contributed by atoms with E-state index in [1.54, 1.807) is 5.01 Å². The van der Waals surface area contributed by atoms with Crippen molar-refractivity contribution < 1.29 is 10.9 Å². The summed E-state index contributed by atoms with van der Waals surface area (Å²) in [6.07, 6.45) is 2.95. The van der Waals surface area contributed by atoms with Gasteiger partial charge in [-0.05, 0) is 19.3 Å². The standard InChI is InChI=1S/C5H12N2O/c6-7-4-2-1-3-5(7)8/h5,8H,1-4,6H2/p+1. The second-order valence-corrected chi connectivity index (χ2v) is 2.29. The second-order valence-electron chi connectivity index (χ2n) is 2.29. The van der Waals surface area contributed by atoms with E-state index in [-0.39, 0.29) is 6.23 Å². The molecule has 3 nitrogen and oxygen atoms in total. The minimum atomic E-state index is -0.274. The van der Waals surface area contributed by atoms with Gasteiger partial charge in [0.1, 0.15) is 0 Å². The van der Waals surface area contributed by atoms with Gasteiger partial charge in [0.25, 0.3) is 0 Å². The molecule has 0 aromatic heterocycles. The van der Waals surface area contributed by atoms with Crippen LogP contribution in [0.15, 0.2) is 0 Å². The van der Waals surface area contributed by atoms with E-state index in [2.05, 4.69) is 5.84 Å². The van der Waals surface area contributed by atoms with Crippen molar-refractivity contribution in [3.63, 3.8) is 0 Å². The van der Waals surface area contributed by atoms with E-state index in [1.807, 2.05) is 0 Å². The third-order valence-corrected chi connectivity index (χ3v) is 1.58. The molecule has 3 heteroatoms. The second kappa shape index (κ2) is 2.44. The molecule has 1 atom stereocenters. The van der Waals surface area contributed by atoms with Gasteiger partial charge >= 0.3 is 0 Å². The fourth-order valence-electron chi connectivity index (χ4n) is 0.973. The van der Waals surface area contributed by atoms with Gasteiger partial charge in [-0.3, -0.25) is 5.84 Å². The normalized spacial score (nSPS) is 33.0. The summed E-state index contributed by atoms with van der Waals surface area (Å²) in [7, 11) is 0. The monoisotopic (exact) mass is 117 g/mol. The lowest BCUT2D eigenvalue weighted by atomic mass is 10.1. The smallest absolute Gasteiger partial charge is 0.152 e. The van der Waals surface area contributed by atoms with Gasteiger partial charge in [-0.1, -0.05) is 0 Å². The van der Waals surface area contributed by atoms with Crippen LogP contribution in [0.5, 0.6) is 0 Å². The molecule has 1 fully saturated rings. The maximum atomic E-state index is 9.04. The minimum Gasteiger partial charge on any atom is -0.373 e. The molecular formula is C5H13N2O+. The van der Waals surface area contributed by atoms with E-state index < -0.39 is 0 Å². The summed E-state index contributed by atoms with van der Waals surface area (Å²) in [5.41, 5.74) is 0. The molecule has 0 aromatic carbocycles. The molecule has 1 saturated heterocycles. The molecule has 1 rings (SSSR count). The summed E-state index contributed by atoms with van der Waals surface area (Å²) in [5.74, 6) is 3.66. The third-order valence-electron chi connectivity index (χ3n) is 1.58. The average Bonchev–Trinajstić information content (AvgIpc) is 1.77. The molecule has 0 bridgehead atoms. The van der Waals surface area contributed by atoms with Crippen LogP contribution in [0.1, 0.15) is 19.3 Å². The Morgan fingerprint density at radius 1 is 1.50 bits per heavy atom. The van der Waals surface area contributed by atoms with Crippen LogP contribution in [0.4, 0.5) is 0 Å². The first-order valence-corrected chi connectivity index (χ1v) is 3.06. The van der Waals surface area contributed by atoms with E-state index in [0.717, 1.165) is 19.4 Å². The van der Waals surface area contributed by atoms with Crippen molar-refractivity contribution >= 4 is 0 Å². The van der Waals surface area contributed by atoms with Gasteiger partial charge in [0, 0.05) is 0 Å². The Hall–Kier alpha value is -0.120. The average molecular weight is 117 g/mol. The first-order chi connectivity index (χ1) is 3.80. The fraction of sp³-hybridized carbons (Fsp3) is 1.00. The molecule has 0 radical (unpaired) electrons. The number of hydrogen-bond acceptors (Lipinski definition) is 2. The van der Waals surface area contributed by atoms with Crippen molar-refractivity contribution in [2.45, 2.75) is 25.5 Å². The topological polar surface area (TPSA) is 51.1 Å². The first-order valence-electron chi connectivity index (χ1n) is 3.06. The van der Waals surface area contributed by atoms with Crippen LogP contribution in [-0.4, -0.2) is 22.9 Å². The molecule has 8 heavy (non-hydrogen) atoms. The van der Waals surface area contributed by atoms with Crippen LogP contribution in [0.2, 0.25) is 0 Å². The maximum Gasteiger partial charge on any atom is 0.152 e. The van der Waals surface area contributed by atoms with E-state index in [0.29, 0.717) is 0 Å². The number of nitrogens with zero attached hydrogens (tertiary/aromatic N) is 1. The lowest BCUT2D eigenvalue weighted by Crippen LogP contribution is -2.72. The molecule has 0 spiro atoms. The number of aliphatic hydroxyl groups excluding tert-OH is 1. The molecule has 0 amide bonds. The number of hydrogen-bond donors (Lipinski definition) is 2. The Bertz CT molecular complexity index is 66.8. The third kappa shape index (κ3) is 1.18. The highest BCUT2D eigenvalue weighted by Gasteiger charge is 2.18. The zero-order chi connectivity index (χ0) is 5.98. The van der Waals surface area contributed by atoms with Gasteiger partial charge in [-0.2, -0.15) is 0 Å². The Labute approximate surface area is 49.1 Å². The molecule has 0 aromatic rings. The van der Waals surface area contributed by atoms with Crippen molar-refractivity contribution in [2.75, 3.05) is 6.54 Å². The molecule has 1 heterocycles. The van der Waals surface area contributed by atoms with Gasteiger partial charge in [0.05, 0.1) is 6.54 Å². The molecule has 48 valence electrons. The van der Waals surface area contributed by atoms with Gasteiger partial charge in [0.2, 0.25) is 0 Å². The zero-order valence-electron chi connectivity index (χ0n) is 5.01. The van der Waals surface area contributed by atoms with Crippen molar-refractivity contribution in [3.05, 3.63) is 0 Å². The lowest BCUT2D eigenvalue weighted by molar-refractivity contribution is -0.603. The molecule has 0 aliphatic carbocycles.